The Morgan fingerprint density at radius 2 is 1.50 bits per heavy atom. The van der Waals surface area contributed by atoms with Crippen LogP contribution in [-0.4, -0.2) is 4.84 Å². The highest BCUT2D eigenvalue weighted by molar-refractivity contribution is 6.44. The summed E-state index contributed by atoms with van der Waals surface area (Å²) in [6.45, 7) is 7.19. The summed E-state index contributed by atoms with van der Waals surface area (Å²) in [5, 5.41) is 0. The molecule has 0 N–H and O–H groups in total. The van der Waals surface area contributed by atoms with E-state index in [4.69, 9.17) is 23.2 Å². The lowest BCUT2D eigenvalue weighted by molar-refractivity contribution is 1.04. The molecule has 0 rings (SSSR count). The summed E-state index contributed by atoms with van der Waals surface area (Å²) in [5.74, 6) is 0. The minimum atomic E-state index is -0.171. The Morgan fingerprint density at radius 1 is 1.40 bits per heavy atom. The fraction of sp³-hybridized carbons (Fsp3) is 0.667. The molecule has 0 aromatic carbocycles. The van der Waals surface area contributed by atoms with E-state index in [9.17, 15) is 0 Å². The third-order valence-electron chi connectivity index (χ3n) is 0.309. The average Bonchev–Trinajstić information content (AvgIpc) is 1.69. The maximum absolute atomic E-state index is 5.23. The molecule has 0 unspecified atom stereocenters. The van der Waals surface area contributed by atoms with E-state index in [1.165, 1.54) is 0 Å². The molecule has 66 valence electrons. The molecule has 0 aliphatic carbocycles. The second kappa shape index (κ2) is 22.5. The van der Waals surface area contributed by atoms with Crippen LogP contribution < -0.4 is 0 Å². The van der Waals surface area contributed by atoms with Crippen LogP contribution in [0.2, 0.25) is 0 Å². The Morgan fingerprint density at radius 3 is 1.50 bits per heavy atom. The zero-order valence-electron chi connectivity index (χ0n) is 6.14. The second-order valence-corrected chi connectivity index (χ2v) is 2.48. The fourth-order valence-electron chi connectivity index (χ4n) is 0. The van der Waals surface area contributed by atoms with Crippen LogP contribution >= 0.6 is 48.0 Å². The van der Waals surface area contributed by atoms with Gasteiger partial charge in [-0.1, -0.05) is 13.0 Å². The van der Waals surface area contributed by atoms with Crippen molar-refractivity contribution in [1.29, 1.82) is 0 Å². The van der Waals surface area contributed by atoms with Crippen molar-refractivity contribution >= 4 is 48.0 Å². The summed E-state index contributed by atoms with van der Waals surface area (Å²) in [7, 11) is 0. The zero-order valence-corrected chi connectivity index (χ0v) is 9.29. The van der Waals surface area contributed by atoms with Crippen LogP contribution in [0.25, 0.3) is 0 Å². The first-order chi connectivity index (χ1) is 3.68. The van der Waals surface area contributed by atoms with Gasteiger partial charge in [0.2, 0.25) is 0 Å². The third-order valence-corrected chi connectivity index (χ3v) is 0.926. The van der Waals surface area contributed by atoms with Gasteiger partial charge in [-0.3, -0.25) is 0 Å². The molecular weight excluding hydrogens is 214 g/mol. The lowest BCUT2D eigenvalue weighted by Gasteiger charge is -1.84. The van der Waals surface area contributed by atoms with Crippen LogP contribution in [0.5, 0.6) is 0 Å². The molecule has 4 heteroatoms. The topological polar surface area (TPSA) is 0 Å². The number of alkyl halides is 2. The molecule has 0 spiro atoms. The number of allylic oxidation sites excluding steroid dienone is 1. The van der Waals surface area contributed by atoms with Crippen molar-refractivity contribution in [3.8, 4) is 0 Å². The molecule has 0 nitrogen and oxygen atoms in total. The van der Waals surface area contributed by atoms with E-state index in [0.29, 0.717) is 0 Å². The van der Waals surface area contributed by atoms with E-state index >= 15 is 0 Å². The fourth-order valence-corrected chi connectivity index (χ4v) is 0. The summed E-state index contributed by atoms with van der Waals surface area (Å²) in [6.07, 6.45) is 2.59. The molecule has 0 bridgehead atoms. The molecule has 0 heterocycles. The summed E-state index contributed by atoms with van der Waals surface area (Å²) >= 11 is 10.5. The highest BCUT2D eigenvalue weighted by atomic mass is 35.5. The van der Waals surface area contributed by atoms with Gasteiger partial charge in [-0.15, -0.1) is 54.6 Å². The van der Waals surface area contributed by atoms with E-state index in [0.717, 1.165) is 6.42 Å². The molecule has 0 saturated carbocycles. The zero-order chi connectivity index (χ0) is 6.99. The van der Waals surface area contributed by atoms with Gasteiger partial charge < -0.3 is 0 Å². The van der Waals surface area contributed by atoms with Gasteiger partial charge in [0.25, 0.3) is 0 Å². The highest BCUT2D eigenvalue weighted by Gasteiger charge is 1.86. The molecular formula is C6H14Cl4. The number of rotatable bonds is 1. The van der Waals surface area contributed by atoms with E-state index in [-0.39, 0.29) is 29.7 Å². The van der Waals surface area contributed by atoms with Crippen LogP contribution in [0.3, 0.4) is 0 Å². The van der Waals surface area contributed by atoms with Gasteiger partial charge in [0, 0.05) is 0 Å². The summed E-state index contributed by atoms with van der Waals surface area (Å²) in [4.78, 5) is -0.171. The van der Waals surface area contributed by atoms with Crippen LogP contribution in [-0.2, 0) is 0 Å². The Kier molecular flexibility index (Phi) is 50.5. The smallest absolute Gasteiger partial charge is 0.107 e. The lowest BCUT2D eigenvalue weighted by atomic mass is 10.6. The van der Waals surface area contributed by atoms with Crippen molar-refractivity contribution in [2.24, 2.45) is 0 Å². The predicted molar refractivity (Wildman–Crippen MR) is 56.2 cm³/mol. The lowest BCUT2D eigenvalue weighted by Crippen LogP contribution is -1.75. The van der Waals surface area contributed by atoms with Gasteiger partial charge >= 0.3 is 0 Å². The molecule has 0 amide bonds. The first-order valence-corrected chi connectivity index (χ1v) is 3.41. The van der Waals surface area contributed by atoms with Crippen molar-refractivity contribution in [1.82, 2.24) is 0 Å². The molecule has 0 fully saturated rings. The first-order valence-electron chi connectivity index (χ1n) is 2.54. The van der Waals surface area contributed by atoms with Gasteiger partial charge in [-0.25, -0.2) is 0 Å². The molecule has 0 radical (unpaired) electrons. The van der Waals surface area contributed by atoms with Gasteiger partial charge in [0.1, 0.15) is 4.84 Å². The molecule has 0 aliphatic rings. The van der Waals surface area contributed by atoms with Crippen molar-refractivity contribution in [3.05, 3.63) is 12.7 Å². The first kappa shape index (κ1) is 22.4. The van der Waals surface area contributed by atoms with Gasteiger partial charge in [-0.05, 0) is 13.3 Å². The quantitative estimate of drug-likeness (QED) is 0.465. The van der Waals surface area contributed by atoms with Gasteiger partial charge in [0.05, 0.1) is 0 Å². The van der Waals surface area contributed by atoms with Crippen LogP contribution in [0, 0.1) is 0 Å². The molecule has 0 aromatic heterocycles. The molecule has 0 atom stereocenters. The molecule has 10 heavy (non-hydrogen) atoms. The minimum Gasteiger partial charge on any atom is -0.147 e. The van der Waals surface area contributed by atoms with Crippen molar-refractivity contribution in [2.45, 2.75) is 25.1 Å². The van der Waals surface area contributed by atoms with Crippen molar-refractivity contribution < 1.29 is 0 Å². The Bertz CT molecular complexity index is 45.0. The van der Waals surface area contributed by atoms with E-state index in [1.54, 1.807) is 6.08 Å². The van der Waals surface area contributed by atoms with Crippen molar-refractivity contribution in [3.63, 3.8) is 0 Å². The Labute approximate surface area is 85.8 Å². The highest BCUT2D eigenvalue weighted by Crippen LogP contribution is 2.03. The van der Waals surface area contributed by atoms with Crippen LogP contribution in [0.15, 0.2) is 12.7 Å². The monoisotopic (exact) mass is 226 g/mol. The molecule has 0 aliphatic heterocycles. The maximum atomic E-state index is 5.23. The normalized spacial score (nSPS) is 6.10. The number of hydrogen-bond donors (Lipinski definition) is 0. The van der Waals surface area contributed by atoms with E-state index in [1.807, 2.05) is 13.8 Å². The summed E-state index contributed by atoms with van der Waals surface area (Å²) in [6, 6.07) is 0. The standard InChI is InChI=1S/C3H6Cl2.C3H6.2ClH/c1-2-3(4)5;1-3-2;;/h3H,2H2,1H3;3H,1H2,2H3;2*1H. The SMILES string of the molecule is C=CC.CCC(Cl)Cl.Cl.Cl. The molecule has 0 saturated heterocycles. The largest absolute Gasteiger partial charge is 0.147 e. The van der Waals surface area contributed by atoms with E-state index < -0.39 is 0 Å². The Hall–Kier alpha value is 0.900. The average molecular weight is 228 g/mol. The summed E-state index contributed by atoms with van der Waals surface area (Å²) < 4.78 is 0. The van der Waals surface area contributed by atoms with Gasteiger partial charge in [-0.2, -0.15) is 0 Å². The van der Waals surface area contributed by atoms with Crippen LogP contribution in [0.1, 0.15) is 20.3 Å². The Balaban J connectivity index is -0.0000000326. The second-order valence-electron chi connectivity index (χ2n) is 1.21. The minimum absolute atomic E-state index is 0. The van der Waals surface area contributed by atoms with E-state index in [2.05, 4.69) is 6.58 Å². The molecule has 0 aromatic rings. The third kappa shape index (κ3) is 66.0. The van der Waals surface area contributed by atoms with Gasteiger partial charge in [0.15, 0.2) is 0 Å². The number of halogens is 4. The predicted octanol–water partition coefficient (Wildman–Crippen LogP) is 4.24. The van der Waals surface area contributed by atoms with Crippen LogP contribution in [0.4, 0.5) is 0 Å². The summed E-state index contributed by atoms with van der Waals surface area (Å²) in [5.41, 5.74) is 0. The van der Waals surface area contributed by atoms with Crippen molar-refractivity contribution in [2.75, 3.05) is 0 Å². The maximum Gasteiger partial charge on any atom is 0.107 e. The number of hydrogen-bond acceptors (Lipinski definition) is 0.